The molecule has 0 bridgehead atoms. The molecule has 1 atom stereocenters. The third kappa shape index (κ3) is 5.75. The van der Waals surface area contributed by atoms with Crippen LogP contribution in [0, 0.1) is 0 Å². The summed E-state index contributed by atoms with van der Waals surface area (Å²) in [6.07, 6.45) is 10.3. The third-order valence-corrected chi connectivity index (χ3v) is 4.33. The van der Waals surface area contributed by atoms with Crippen LogP contribution in [0.25, 0.3) is 11.4 Å². The average molecular weight is 415 g/mol. The first-order valence-electron chi connectivity index (χ1n) is 9.22. The van der Waals surface area contributed by atoms with Gasteiger partial charge in [0.1, 0.15) is 23.5 Å². The summed E-state index contributed by atoms with van der Waals surface area (Å²) in [6, 6.07) is 6.93. The van der Waals surface area contributed by atoms with Crippen LogP contribution in [-0.4, -0.2) is 50.6 Å². The number of phenolic OH excluding ortho intramolecular Hbond substituents is 1. The minimum atomic E-state index is 0.179. The fraction of sp³-hybridized carbons (Fsp3) is 0.300. The average Bonchev–Trinajstić information content (AvgIpc) is 3.30. The Kier molecular flexibility index (Phi) is 7.54. The summed E-state index contributed by atoms with van der Waals surface area (Å²) in [6.45, 7) is 1.82. The Morgan fingerprint density at radius 1 is 1.17 bits per heavy atom. The van der Waals surface area contributed by atoms with Gasteiger partial charge >= 0.3 is 0 Å². The second-order valence-electron chi connectivity index (χ2n) is 6.31. The number of aromatic nitrogens is 4. The van der Waals surface area contributed by atoms with Crippen molar-refractivity contribution in [2.45, 2.75) is 18.9 Å². The highest BCUT2D eigenvalue weighted by Crippen LogP contribution is 2.30. The zero-order valence-electron chi connectivity index (χ0n) is 16.0. The van der Waals surface area contributed by atoms with Crippen molar-refractivity contribution in [1.82, 2.24) is 25.3 Å². The van der Waals surface area contributed by atoms with Crippen LogP contribution >= 0.6 is 11.6 Å². The van der Waals surface area contributed by atoms with Crippen molar-refractivity contribution in [3.8, 4) is 28.8 Å². The molecule has 0 radical (unpaired) electrons. The Balaban J connectivity index is 0.00000117. The monoisotopic (exact) mass is 414 g/mol. The number of benzene rings is 1. The van der Waals surface area contributed by atoms with Crippen LogP contribution in [-0.2, 0) is 0 Å². The lowest BCUT2D eigenvalue weighted by atomic mass is 10.2. The first kappa shape index (κ1) is 20.8. The standard InChI is InChI=1S/C19H20N6O2.CH3Cl/c26-15-3-5-16(6-4-15)27-19-17(23-10-14-2-1-7-22-14)11-24-18(25-19)13-8-20-12-21-9-13;1-2/h3-6,8-9,11-12,14,22-23,26H,1-2,7,10H2;1H3. The Labute approximate surface area is 174 Å². The first-order chi connectivity index (χ1) is 14.3. The van der Waals surface area contributed by atoms with Gasteiger partial charge in [0.15, 0.2) is 5.82 Å². The maximum Gasteiger partial charge on any atom is 0.246 e. The maximum absolute atomic E-state index is 9.46. The van der Waals surface area contributed by atoms with Crippen molar-refractivity contribution in [2.24, 2.45) is 0 Å². The molecule has 0 spiro atoms. The molecule has 9 heteroatoms. The normalized spacial score (nSPS) is 15.3. The minimum Gasteiger partial charge on any atom is -0.508 e. The molecule has 1 aliphatic heterocycles. The lowest BCUT2D eigenvalue weighted by Gasteiger charge is -2.15. The molecule has 2 aromatic heterocycles. The predicted octanol–water partition coefficient (Wildman–Crippen LogP) is 3.45. The molecule has 1 unspecified atom stereocenters. The summed E-state index contributed by atoms with van der Waals surface area (Å²) in [5.74, 6) is 1.64. The Morgan fingerprint density at radius 3 is 2.62 bits per heavy atom. The van der Waals surface area contributed by atoms with Gasteiger partial charge < -0.3 is 20.5 Å². The van der Waals surface area contributed by atoms with Crippen LogP contribution in [0.5, 0.6) is 17.4 Å². The minimum absolute atomic E-state index is 0.179. The van der Waals surface area contributed by atoms with Crippen LogP contribution in [0.2, 0.25) is 0 Å². The fourth-order valence-corrected chi connectivity index (χ4v) is 2.91. The number of hydrogen-bond donors (Lipinski definition) is 3. The zero-order chi connectivity index (χ0) is 20.5. The van der Waals surface area contributed by atoms with Crippen molar-refractivity contribution >= 4 is 17.3 Å². The topological polar surface area (TPSA) is 105 Å². The number of halogens is 1. The molecule has 152 valence electrons. The van der Waals surface area contributed by atoms with E-state index in [-0.39, 0.29) is 5.75 Å². The van der Waals surface area contributed by atoms with E-state index < -0.39 is 0 Å². The second kappa shape index (κ2) is 10.5. The van der Waals surface area contributed by atoms with E-state index in [2.05, 4.69) is 42.2 Å². The number of nitrogens with zero attached hydrogens (tertiary/aromatic N) is 4. The fourth-order valence-electron chi connectivity index (χ4n) is 2.91. The van der Waals surface area contributed by atoms with Crippen molar-refractivity contribution in [2.75, 3.05) is 24.8 Å². The number of ether oxygens (including phenoxy) is 1. The number of rotatable bonds is 6. The van der Waals surface area contributed by atoms with Gasteiger partial charge in [-0.05, 0) is 43.7 Å². The SMILES string of the molecule is CCl.Oc1ccc(Oc2nc(-c3cncnc3)ncc2NCC2CCCN2)cc1. The molecule has 0 saturated carbocycles. The van der Waals surface area contributed by atoms with Crippen LogP contribution in [0.3, 0.4) is 0 Å². The number of hydrogen-bond acceptors (Lipinski definition) is 8. The molecular weight excluding hydrogens is 392 g/mol. The van der Waals surface area contributed by atoms with Gasteiger partial charge in [0.25, 0.3) is 0 Å². The number of anilines is 1. The lowest BCUT2D eigenvalue weighted by molar-refractivity contribution is 0.454. The number of nitrogens with one attached hydrogen (secondary N) is 2. The van der Waals surface area contributed by atoms with Gasteiger partial charge in [-0.25, -0.2) is 15.0 Å². The summed E-state index contributed by atoms with van der Waals surface area (Å²) in [4.78, 5) is 17.0. The molecule has 8 nitrogen and oxygen atoms in total. The first-order valence-corrected chi connectivity index (χ1v) is 9.98. The summed E-state index contributed by atoms with van der Waals surface area (Å²) in [5, 5.41) is 16.3. The molecule has 3 aromatic rings. The van der Waals surface area contributed by atoms with E-state index in [4.69, 9.17) is 4.74 Å². The molecule has 4 rings (SSSR count). The van der Waals surface area contributed by atoms with Gasteiger partial charge in [-0.2, -0.15) is 4.98 Å². The Hall–Kier alpha value is -2.97. The maximum atomic E-state index is 9.46. The van der Waals surface area contributed by atoms with Gasteiger partial charge in [-0.15, -0.1) is 11.6 Å². The number of alkyl halides is 1. The van der Waals surface area contributed by atoms with Crippen molar-refractivity contribution < 1.29 is 9.84 Å². The van der Waals surface area contributed by atoms with Gasteiger partial charge in [0, 0.05) is 31.4 Å². The highest BCUT2D eigenvalue weighted by atomic mass is 35.5. The van der Waals surface area contributed by atoms with Gasteiger partial charge in [-0.1, -0.05) is 0 Å². The molecule has 1 saturated heterocycles. The van der Waals surface area contributed by atoms with E-state index in [0.29, 0.717) is 34.7 Å². The number of aromatic hydroxyl groups is 1. The second-order valence-corrected chi connectivity index (χ2v) is 6.31. The molecule has 0 aliphatic carbocycles. The van der Waals surface area contributed by atoms with Crippen molar-refractivity contribution in [3.05, 3.63) is 49.2 Å². The van der Waals surface area contributed by atoms with Crippen LogP contribution in [0.1, 0.15) is 12.8 Å². The van der Waals surface area contributed by atoms with Crippen LogP contribution in [0.4, 0.5) is 5.69 Å². The summed E-state index contributed by atoms with van der Waals surface area (Å²) in [5.41, 5.74) is 1.41. The Morgan fingerprint density at radius 2 is 1.93 bits per heavy atom. The molecule has 3 heterocycles. The lowest BCUT2D eigenvalue weighted by Crippen LogP contribution is -2.29. The molecule has 29 heavy (non-hydrogen) atoms. The molecule has 1 aliphatic rings. The smallest absolute Gasteiger partial charge is 0.246 e. The van der Waals surface area contributed by atoms with Gasteiger partial charge in [0.2, 0.25) is 5.88 Å². The van der Waals surface area contributed by atoms with E-state index in [1.807, 2.05) is 0 Å². The van der Waals surface area contributed by atoms with Crippen molar-refractivity contribution in [1.29, 1.82) is 0 Å². The molecule has 1 aromatic carbocycles. The summed E-state index contributed by atoms with van der Waals surface area (Å²) >= 11 is 4.64. The third-order valence-electron chi connectivity index (χ3n) is 4.33. The molecular formula is C20H23ClN6O2. The van der Waals surface area contributed by atoms with E-state index in [1.165, 1.54) is 19.1 Å². The van der Waals surface area contributed by atoms with Crippen LogP contribution < -0.4 is 15.4 Å². The largest absolute Gasteiger partial charge is 0.508 e. The highest BCUT2D eigenvalue weighted by Gasteiger charge is 2.16. The molecule has 1 fully saturated rings. The molecule has 3 N–H and O–H groups in total. The van der Waals surface area contributed by atoms with E-state index in [1.54, 1.807) is 42.9 Å². The van der Waals surface area contributed by atoms with E-state index in [9.17, 15) is 5.11 Å². The summed E-state index contributed by atoms with van der Waals surface area (Å²) < 4.78 is 5.96. The van der Waals surface area contributed by atoms with Crippen molar-refractivity contribution in [3.63, 3.8) is 0 Å². The molecule has 0 amide bonds. The van der Waals surface area contributed by atoms with E-state index >= 15 is 0 Å². The zero-order valence-corrected chi connectivity index (χ0v) is 16.8. The quantitative estimate of drug-likeness (QED) is 0.527. The highest BCUT2D eigenvalue weighted by molar-refractivity contribution is 6.15. The predicted molar refractivity (Wildman–Crippen MR) is 113 cm³/mol. The van der Waals surface area contributed by atoms with E-state index in [0.717, 1.165) is 19.5 Å². The number of phenols is 1. The van der Waals surface area contributed by atoms with Gasteiger partial charge in [-0.3, -0.25) is 0 Å². The van der Waals surface area contributed by atoms with Crippen LogP contribution in [0.15, 0.2) is 49.2 Å². The summed E-state index contributed by atoms with van der Waals surface area (Å²) in [7, 11) is 0. The Bertz CT molecular complexity index is 889. The van der Waals surface area contributed by atoms with Gasteiger partial charge in [0.05, 0.1) is 11.8 Å².